The van der Waals surface area contributed by atoms with Crippen LogP contribution in [-0.2, 0) is 0 Å². The summed E-state index contributed by atoms with van der Waals surface area (Å²) in [6, 6.07) is 6.03. The van der Waals surface area contributed by atoms with Gasteiger partial charge in [0, 0.05) is 24.8 Å². The molecule has 3 N–H and O–H groups in total. The lowest BCUT2D eigenvalue weighted by atomic mass is 10.1. The minimum Gasteiger partial charge on any atom is -0.409 e. The second-order valence-corrected chi connectivity index (χ2v) is 4.83. The molecule has 0 atom stereocenters. The zero-order valence-corrected chi connectivity index (χ0v) is 10.3. The van der Waals surface area contributed by atoms with Gasteiger partial charge < -0.3 is 15.8 Å². The summed E-state index contributed by atoms with van der Waals surface area (Å²) in [5, 5.41) is 11.9. The summed E-state index contributed by atoms with van der Waals surface area (Å²) in [7, 11) is 2.05. The van der Waals surface area contributed by atoms with Crippen LogP contribution in [0.15, 0.2) is 23.4 Å². The van der Waals surface area contributed by atoms with Crippen molar-refractivity contribution in [1.29, 1.82) is 0 Å². The van der Waals surface area contributed by atoms with Gasteiger partial charge in [-0.2, -0.15) is 0 Å². The Kier molecular flexibility index (Phi) is 3.22. The van der Waals surface area contributed by atoms with Crippen LogP contribution in [0.4, 0.5) is 5.69 Å². The lowest BCUT2D eigenvalue weighted by molar-refractivity contribution is 0.318. The monoisotopic (exact) mass is 233 g/mol. The SMILES string of the molecule is Cc1ccc(N(C)CC2CC2)c(/C(N)=N/O)c1. The van der Waals surface area contributed by atoms with Crippen molar-refractivity contribution in [3.63, 3.8) is 0 Å². The molecule has 1 aliphatic rings. The van der Waals surface area contributed by atoms with Crippen LogP contribution in [0.1, 0.15) is 24.0 Å². The number of aryl methyl sites for hydroxylation is 1. The van der Waals surface area contributed by atoms with E-state index < -0.39 is 0 Å². The van der Waals surface area contributed by atoms with E-state index >= 15 is 0 Å². The molecule has 1 fully saturated rings. The lowest BCUT2D eigenvalue weighted by Crippen LogP contribution is -2.24. The second kappa shape index (κ2) is 4.65. The molecule has 1 aromatic carbocycles. The molecule has 0 amide bonds. The number of nitrogens with two attached hydrogens (primary N) is 1. The van der Waals surface area contributed by atoms with Gasteiger partial charge in [0.15, 0.2) is 5.84 Å². The van der Waals surface area contributed by atoms with Crippen LogP contribution in [0.2, 0.25) is 0 Å². The quantitative estimate of drug-likeness (QED) is 0.361. The Hall–Kier alpha value is -1.71. The molecule has 1 saturated carbocycles. The van der Waals surface area contributed by atoms with E-state index in [1.165, 1.54) is 12.8 Å². The molecule has 4 heteroatoms. The average Bonchev–Trinajstić information content (AvgIpc) is 3.11. The first kappa shape index (κ1) is 11.8. The summed E-state index contributed by atoms with van der Waals surface area (Å²) >= 11 is 0. The van der Waals surface area contributed by atoms with E-state index in [0.717, 1.165) is 29.3 Å². The minimum atomic E-state index is 0.173. The summed E-state index contributed by atoms with van der Waals surface area (Å²) in [5.41, 5.74) is 8.66. The van der Waals surface area contributed by atoms with Crippen LogP contribution in [-0.4, -0.2) is 24.6 Å². The zero-order chi connectivity index (χ0) is 12.4. The highest BCUT2D eigenvalue weighted by molar-refractivity contribution is 6.02. The van der Waals surface area contributed by atoms with E-state index in [1.54, 1.807) is 0 Å². The molecule has 1 aliphatic carbocycles. The molecule has 0 spiro atoms. The van der Waals surface area contributed by atoms with Crippen molar-refractivity contribution in [2.45, 2.75) is 19.8 Å². The topological polar surface area (TPSA) is 61.8 Å². The fourth-order valence-corrected chi connectivity index (χ4v) is 2.03. The molecule has 1 aromatic rings. The van der Waals surface area contributed by atoms with Crippen LogP contribution in [0, 0.1) is 12.8 Å². The number of nitrogens with zero attached hydrogens (tertiary/aromatic N) is 2. The molecule has 0 bridgehead atoms. The third-order valence-electron chi connectivity index (χ3n) is 3.18. The Morgan fingerprint density at radius 1 is 1.53 bits per heavy atom. The minimum absolute atomic E-state index is 0.173. The first-order chi connectivity index (χ1) is 8.11. The van der Waals surface area contributed by atoms with Gasteiger partial charge in [-0.25, -0.2) is 0 Å². The van der Waals surface area contributed by atoms with E-state index in [-0.39, 0.29) is 5.84 Å². The van der Waals surface area contributed by atoms with Crippen molar-refractivity contribution in [3.05, 3.63) is 29.3 Å². The van der Waals surface area contributed by atoms with Crippen LogP contribution < -0.4 is 10.6 Å². The highest BCUT2D eigenvalue weighted by Gasteiger charge is 2.24. The third-order valence-corrected chi connectivity index (χ3v) is 3.18. The molecule has 0 unspecified atom stereocenters. The van der Waals surface area contributed by atoms with Crippen molar-refractivity contribution in [1.82, 2.24) is 0 Å². The van der Waals surface area contributed by atoms with Crippen molar-refractivity contribution in [2.75, 3.05) is 18.5 Å². The van der Waals surface area contributed by atoms with Gasteiger partial charge in [-0.15, -0.1) is 0 Å². The van der Waals surface area contributed by atoms with Gasteiger partial charge in [0.1, 0.15) is 0 Å². The highest BCUT2D eigenvalue weighted by atomic mass is 16.4. The largest absolute Gasteiger partial charge is 0.409 e. The van der Waals surface area contributed by atoms with Crippen LogP contribution in [0.5, 0.6) is 0 Å². The maximum Gasteiger partial charge on any atom is 0.172 e. The summed E-state index contributed by atoms with van der Waals surface area (Å²) in [6.45, 7) is 3.04. The maximum absolute atomic E-state index is 8.82. The van der Waals surface area contributed by atoms with E-state index in [2.05, 4.69) is 17.1 Å². The second-order valence-electron chi connectivity index (χ2n) is 4.83. The maximum atomic E-state index is 8.82. The number of benzene rings is 1. The van der Waals surface area contributed by atoms with Crippen molar-refractivity contribution in [2.24, 2.45) is 16.8 Å². The predicted molar refractivity (Wildman–Crippen MR) is 69.7 cm³/mol. The number of hydrogen-bond acceptors (Lipinski definition) is 3. The van der Waals surface area contributed by atoms with Crippen molar-refractivity contribution >= 4 is 11.5 Å². The standard InChI is InChI=1S/C13H19N3O/c1-9-3-6-12(11(7-9)13(14)15-17)16(2)8-10-4-5-10/h3,6-7,10,17H,4-5,8H2,1-2H3,(H2,14,15). The molecule has 0 aliphatic heterocycles. The first-order valence-electron chi connectivity index (χ1n) is 5.91. The Bertz CT molecular complexity index is 438. The molecule has 0 heterocycles. The summed E-state index contributed by atoms with van der Waals surface area (Å²) in [6.07, 6.45) is 2.63. The normalized spacial score (nSPS) is 16.0. The molecule has 92 valence electrons. The Morgan fingerprint density at radius 3 is 2.82 bits per heavy atom. The van der Waals surface area contributed by atoms with Gasteiger partial charge in [0.05, 0.1) is 0 Å². The Labute approximate surface area is 102 Å². The fraction of sp³-hybridized carbons (Fsp3) is 0.462. The molecule has 0 saturated heterocycles. The van der Waals surface area contributed by atoms with Gasteiger partial charge in [-0.1, -0.05) is 16.8 Å². The lowest BCUT2D eigenvalue weighted by Gasteiger charge is -2.22. The molecule has 17 heavy (non-hydrogen) atoms. The summed E-state index contributed by atoms with van der Waals surface area (Å²) in [4.78, 5) is 2.18. The van der Waals surface area contributed by atoms with Gasteiger partial charge >= 0.3 is 0 Å². The number of oxime groups is 1. The molecular formula is C13H19N3O. The van der Waals surface area contributed by atoms with Crippen LogP contribution >= 0.6 is 0 Å². The van der Waals surface area contributed by atoms with Gasteiger partial charge in [-0.05, 0) is 37.8 Å². The van der Waals surface area contributed by atoms with Crippen LogP contribution in [0.3, 0.4) is 0 Å². The molecule has 0 radical (unpaired) electrons. The first-order valence-corrected chi connectivity index (χ1v) is 5.91. The van der Waals surface area contributed by atoms with E-state index in [9.17, 15) is 0 Å². The molecule has 4 nitrogen and oxygen atoms in total. The van der Waals surface area contributed by atoms with E-state index in [1.807, 2.05) is 25.1 Å². The summed E-state index contributed by atoms with van der Waals surface area (Å²) in [5.74, 6) is 0.979. The van der Waals surface area contributed by atoms with Gasteiger partial charge in [-0.3, -0.25) is 0 Å². The molecular weight excluding hydrogens is 214 g/mol. The number of amidine groups is 1. The van der Waals surface area contributed by atoms with Crippen molar-refractivity contribution in [3.8, 4) is 0 Å². The fourth-order valence-electron chi connectivity index (χ4n) is 2.03. The summed E-state index contributed by atoms with van der Waals surface area (Å²) < 4.78 is 0. The predicted octanol–water partition coefficient (Wildman–Crippen LogP) is 1.94. The molecule has 0 aromatic heterocycles. The third kappa shape index (κ3) is 2.70. The highest BCUT2D eigenvalue weighted by Crippen LogP contribution is 2.31. The number of hydrogen-bond donors (Lipinski definition) is 2. The Balaban J connectivity index is 2.30. The molecule has 2 rings (SSSR count). The Morgan fingerprint density at radius 2 is 2.24 bits per heavy atom. The van der Waals surface area contributed by atoms with E-state index in [0.29, 0.717) is 0 Å². The zero-order valence-electron chi connectivity index (χ0n) is 10.3. The number of anilines is 1. The van der Waals surface area contributed by atoms with Crippen LogP contribution in [0.25, 0.3) is 0 Å². The smallest absolute Gasteiger partial charge is 0.172 e. The number of rotatable bonds is 4. The van der Waals surface area contributed by atoms with E-state index in [4.69, 9.17) is 10.9 Å². The van der Waals surface area contributed by atoms with Gasteiger partial charge in [0.2, 0.25) is 0 Å². The average molecular weight is 233 g/mol. The van der Waals surface area contributed by atoms with Gasteiger partial charge in [0.25, 0.3) is 0 Å². The van der Waals surface area contributed by atoms with Crippen molar-refractivity contribution < 1.29 is 5.21 Å².